The maximum absolute atomic E-state index is 11.7. The Hall–Kier alpha value is -0.130. The highest BCUT2D eigenvalue weighted by molar-refractivity contribution is 7.91. The fourth-order valence-corrected chi connectivity index (χ4v) is 5.83. The quantitative estimate of drug-likeness (QED) is 0.853. The number of likely N-dealkylation sites (N-methyl/N-ethyl adjacent to an activating group) is 1. The average molecular weight is 288 g/mol. The van der Waals surface area contributed by atoms with E-state index in [0.29, 0.717) is 23.5 Å². The number of nitrogens with zero attached hydrogens (tertiary/aromatic N) is 1. The van der Waals surface area contributed by atoms with Crippen LogP contribution in [0.15, 0.2) is 0 Å². The third kappa shape index (κ3) is 3.14. The van der Waals surface area contributed by atoms with Gasteiger partial charge in [-0.3, -0.25) is 4.90 Å². The Kier molecular flexibility index (Phi) is 4.02. The molecule has 1 saturated heterocycles. The van der Waals surface area contributed by atoms with Gasteiger partial charge in [0.1, 0.15) is 0 Å². The molecular formula is C14H28N2O2S. The molecule has 2 fully saturated rings. The largest absolute Gasteiger partial charge is 0.329 e. The number of sulfone groups is 1. The minimum absolute atomic E-state index is 0.00766. The van der Waals surface area contributed by atoms with Crippen molar-refractivity contribution in [3.05, 3.63) is 0 Å². The summed E-state index contributed by atoms with van der Waals surface area (Å²) in [5.74, 6) is 0.651. The van der Waals surface area contributed by atoms with E-state index in [1.807, 2.05) is 0 Å². The normalized spacial score (nSPS) is 37.6. The van der Waals surface area contributed by atoms with Crippen LogP contribution in [0.25, 0.3) is 0 Å². The molecule has 0 aromatic heterocycles. The highest BCUT2D eigenvalue weighted by Gasteiger charge is 2.45. The van der Waals surface area contributed by atoms with Gasteiger partial charge >= 0.3 is 0 Å². The smallest absolute Gasteiger partial charge is 0.151 e. The lowest BCUT2D eigenvalue weighted by molar-refractivity contribution is 0.00637. The Morgan fingerprint density at radius 3 is 2.47 bits per heavy atom. The lowest BCUT2D eigenvalue weighted by Crippen LogP contribution is -2.59. The molecule has 1 aliphatic heterocycles. The summed E-state index contributed by atoms with van der Waals surface area (Å²) in [7, 11) is -0.742. The zero-order valence-corrected chi connectivity index (χ0v) is 13.3. The van der Waals surface area contributed by atoms with Crippen LogP contribution in [0.2, 0.25) is 0 Å². The number of nitrogens with two attached hydrogens (primary N) is 1. The van der Waals surface area contributed by atoms with E-state index < -0.39 is 9.84 Å². The molecule has 0 radical (unpaired) electrons. The van der Waals surface area contributed by atoms with E-state index in [9.17, 15) is 8.42 Å². The van der Waals surface area contributed by atoms with Gasteiger partial charge in [-0.15, -0.1) is 0 Å². The highest BCUT2D eigenvalue weighted by Crippen LogP contribution is 2.44. The van der Waals surface area contributed by atoms with Crippen molar-refractivity contribution in [1.82, 2.24) is 4.90 Å². The van der Waals surface area contributed by atoms with Crippen LogP contribution in [0, 0.1) is 5.41 Å². The van der Waals surface area contributed by atoms with Crippen molar-refractivity contribution in [2.45, 2.75) is 57.5 Å². The Morgan fingerprint density at radius 2 is 2.00 bits per heavy atom. The van der Waals surface area contributed by atoms with Crippen molar-refractivity contribution in [3.8, 4) is 0 Å². The van der Waals surface area contributed by atoms with Gasteiger partial charge < -0.3 is 5.73 Å². The Morgan fingerprint density at radius 1 is 1.32 bits per heavy atom. The molecule has 1 aliphatic carbocycles. The van der Waals surface area contributed by atoms with Gasteiger partial charge in [-0.2, -0.15) is 0 Å². The van der Waals surface area contributed by atoms with Gasteiger partial charge in [-0.1, -0.05) is 20.3 Å². The molecule has 2 aliphatic rings. The van der Waals surface area contributed by atoms with Gasteiger partial charge in [0.15, 0.2) is 9.84 Å². The second-order valence-corrected chi connectivity index (χ2v) is 9.52. The first kappa shape index (κ1) is 15.3. The first-order chi connectivity index (χ1) is 8.70. The van der Waals surface area contributed by atoms with E-state index in [2.05, 4.69) is 25.8 Å². The molecule has 0 spiro atoms. The van der Waals surface area contributed by atoms with Crippen LogP contribution in [0.3, 0.4) is 0 Å². The minimum Gasteiger partial charge on any atom is -0.329 e. The van der Waals surface area contributed by atoms with E-state index in [0.717, 1.165) is 19.3 Å². The zero-order chi connectivity index (χ0) is 14.3. The van der Waals surface area contributed by atoms with Gasteiger partial charge in [0.05, 0.1) is 11.5 Å². The maximum atomic E-state index is 11.7. The molecule has 0 amide bonds. The first-order valence-corrected chi connectivity index (χ1v) is 9.15. The molecular weight excluding hydrogens is 260 g/mol. The number of rotatable bonds is 3. The summed E-state index contributed by atoms with van der Waals surface area (Å²) in [6.45, 7) is 5.23. The van der Waals surface area contributed by atoms with Crippen LogP contribution in [-0.2, 0) is 9.84 Å². The van der Waals surface area contributed by atoms with E-state index in [4.69, 9.17) is 5.73 Å². The van der Waals surface area contributed by atoms with Crippen LogP contribution in [0.1, 0.15) is 46.0 Å². The molecule has 4 nitrogen and oxygen atoms in total. The molecule has 2 rings (SSSR count). The summed E-state index contributed by atoms with van der Waals surface area (Å²) in [6.07, 6.45) is 5.37. The summed E-state index contributed by atoms with van der Waals surface area (Å²) in [6, 6.07) is 0.155. The standard InChI is InChI=1S/C14H28N2O2S/c1-13(2)6-4-7-14(10-13,11-15)16(3)12-5-8-19(17,18)9-12/h12H,4-11,15H2,1-3H3. The molecule has 19 heavy (non-hydrogen) atoms. The van der Waals surface area contributed by atoms with Crippen LogP contribution in [0.4, 0.5) is 0 Å². The van der Waals surface area contributed by atoms with Crippen molar-refractivity contribution in [2.24, 2.45) is 11.1 Å². The molecule has 5 heteroatoms. The fraction of sp³-hybridized carbons (Fsp3) is 1.00. The Bertz CT molecular complexity index is 433. The number of hydrogen-bond donors (Lipinski definition) is 1. The van der Waals surface area contributed by atoms with Gasteiger partial charge in [0.2, 0.25) is 0 Å². The molecule has 2 unspecified atom stereocenters. The summed E-state index contributed by atoms with van der Waals surface area (Å²) in [5.41, 5.74) is 6.41. The summed E-state index contributed by atoms with van der Waals surface area (Å²) in [4.78, 5) is 2.30. The Labute approximate surface area is 117 Å². The molecule has 0 aromatic carbocycles. The third-order valence-electron chi connectivity index (χ3n) is 5.19. The molecule has 2 atom stereocenters. The second kappa shape index (κ2) is 5.01. The number of hydrogen-bond acceptors (Lipinski definition) is 4. The SMILES string of the molecule is CN(C1CCS(=O)(=O)C1)C1(CN)CCCC(C)(C)C1. The van der Waals surface area contributed by atoms with Gasteiger partial charge in [-0.25, -0.2) is 8.42 Å². The monoisotopic (exact) mass is 288 g/mol. The van der Waals surface area contributed by atoms with E-state index in [-0.39, 0.29) is 11.6 Å². The summed E-state index contributed by atoms with van der Waals surface area (Å²) < 4.78 is 23.4. The molecule has 1 heterocycles. The predicted molar refractivity (Wildman–Crippen MR) is 78.9 cm³/mol. The lowest BCUT2D eigenvalue weighted by atomic mass is 9.67. The summed E-state index contributed by atoms with van der Waals surface area (Å²) in [5, 5.41) is 0. The van der Waals surface area contributed by atoms with Crippen LogP contribution in [-0.4, -0.2) is 50.0 Å². The molecule has 0 bridgehead atoms. The second-order valence-electron chi connectivity index (χ2n) is 7.29. The van der Waals surface area contributed by atoms with Crippen LogP contribution in [0.5, 0.6) is 0 Å². The minimum atomic E-state index is -2.83. The predicted octanol–water partition coefficient (Wildman–Crippen LogP) is 1.40. The topological polar surface area (TPSA) is 63.4 Å². The summed E-state index contributed by atoms with van der Waals surface area (Å²) >= 11 is 0. The molecule has 2 N–H and O–H groups in total. The van der Waals surface area contributed by atoms with Gasteiger partial charge in [-0.05, 0) is 38.1 Å². The Balaban J connectivity index is 2.17. The fourth-order valence-electron chi connectivity index (χ4n) is 4.05. The van der Waals surface area contributed by atoms with E-state index in [1.165, 1.54) is 12.8 Å². The van der Waals surface area contributed by atoms with Crippen molar-refractivity contribution < 1.29 is 8.42 Å². The first-order valence-electron chi connectivity index (χ1n) is 7.33. The molecule has 112 valence electrons. The zero-order valence-electron chi connectivity index (χ0n) is 12.5. The van der Waals surface area contributed by atoms with Crippen LogP contribution >= 0.6 is 0 Å². The van der Waals surface area contributed by atoms with Crippen molar-refractivity contribution in [1.29, 1.82) is 0 Å². The van der Waals surface area contributed by atoms with Gasteiger partial charge in [0.25, 0.3) is 0 Å². The van der Waals surface area contributed by atoms with Crippen molar-refractivity contribution >= 4 is 9.84 Å². The maximum Gasteiger partial charge on any atom is 0.151 e. The van der Waals surface area contributed by atoms with E-state index in [1.54, 1.807) is 0 Å². The van der Waals surface area contributed by atoms with Gasteiger partial charge in [0, 0.05) is 18.1 Å². The molecule has 1 saturated carbocycles. The average Bonchev–Trinajstić information content (AvgIpc) is 2.67. The van der Waals surface area contributed by atoms with E-state index >= 15 is 0 Å². The third-order valence-corrected chi connectivity index (χ3v) is 6.94. The van der Waals surface area contributed by atoms with Crippen LogP contribution < -0.4 is 5.73 Å². The van der Waals surface area contributed by atoms with Crippen molar-refractivity contribution in [2.75, 3.05) is 25.1 Å². The lowest BCUT2D eigenvalue weighted by Gasteiger charge is -2.51. The molecule has 0 aromatic rings. The highest BCUT2D eigenvalue weighted by atomic mass is 32.2. The van der Waals surface area contributed by atoms with Crippen molar-refractivity contribution in [3.63, 3.8) is 0 Å².